The molecule has 3 N–H and O–H groups in total. The average molecular weight is 308 g/mol. The fourth-order valence-electron chi connectivity index (χ4n) is 2.54. The van der Waals surface area contributed by atoms with Crippen molar-refractivity contribution in [2.45, 2.75) is 32.2 Å². The number of nitrogens with two attached hydrogens (primary N) is 1. The minimum atomic E-state index is -0.223. The van der Waals surface area contributed by atoms with E-state index in [0.717, 1.165) is 30.8 Å². The number of benzene rings is 1. The fourth-order valence-corrected chi connectivity index (χ4v) is 2.59. The molecule has 21 heavy (non-hydrogen) atoms. The number of rotatable bonds is 4. The van der Waals surface area contributed by atoms with E-state index in [2.05, 4.69) is 15.4 Å². The van der Waals surface area contributed by atoms with Crippen LogP contribution in [-0.2, 0) is 6.54 Å². The van der Waals surface area contributed by atoms with E-state index in [9.17, 15) is 4.39 Å². The van der Waals surface area contributed by atoms with E-state index in [-0.39, 0.29) is 10.9 Å². The molecule has 2 rings (SSSR count). The lowest BCUT2D eigenvalue weighted by Crippen LogP contribution is -2.25. The summed E-state index contributed by atoms with van der Waals surface area (Å²) in [6.45, 7) is 2.88. The molecule has 0 atom stereocenters. The van der Waals surface area contributed by atoms with Gasteiger partial charge in [-0.05, 0) is 61.4 Å². The number of thiocarbonyl (C=S) groups is 1. The third-order valence-corrected chi connectivity index (χ3v) is 3.67. The first-order valence-corrected chi connectivity index (χ1v) is 7.65. The van der Waals surface area contributed by atoms with Crippen LogP contribution in [0.2, 0.25) is 0 Å². The molecule has 0 amide bonds. The van der Waals surface area contributed by atoms with Crippen molar-refractivity contribution in [3.63, 3.8) is 0 Å². The number of hydrazone groups is 1. The van der Waals surface area contributed by atoms with Crippen LogP contribution in [0.1, 0.15) is 36.8 Å². The van der Waals surface area contributed by atoms with Crippen LogP contribution in [0, 0.1) is 5.82 Å². The second-order valence-electron chi connectivity index (χ2n) is 5.27. The molecule has 1 aliphatic rings. The molecule has 114 valence electrons. The summed E-state index contributed by atoms with van der Waals surface area (Å²) in [5, 5.41) is 4.07. The Kier molecular flexibility index (Phi) is 6.07. The Hall–Kier alpha value is -1.53. The lowest BCUT2D eigenvalue weighted by Gasteiger charge is -2.20. The molecular weight excluding hydrogens is 287 g/mol. The third kappa shape index (κ3) is 5.40. The van der Waals surface area contributed by atoms with E-state index in [1.807, 2.05) is 0 Å². The van der Waals surface area contributed by atoms with Crippen molar-refractivity contribution in [3.05, 3.63) is 35.1 Å². The largest absolute Gasteiger partial charge is 0.375 e. The predicted molar refractivity (Wildman–Crippen MR) is 87.7 cm³/mol. The molecule has 0 spiro atoms. The van der Waals surface area contributed by atoms with E-state index < -0.39 is 0 Å². The van der Waals surface area contributed by atoms with Crippen LogP contribution in [0.25, 0.3) is 0 Å². The molecule has 0 aliphatic carbocycles. The first-order valence-electron chi connectivity index (χ1n) is 7.24. The third-order valence-electron chi connectivity index (χ3n) is 3.58. The molecule has 1 fully saturated rings. The van der Waals surface area contributed by atoms with E-state index >= 15 is 0 Å². The highest BCUT2D eigenvalue weighted by atomic mass is 32.1. The van der Waals surface area contributed by atoms with E-state index in [1.54, 1.807) is 18.3 Å². The Morgan fingerprint density at radius 2 is 2.05 bits per heavy atom. The molecule has 0 radical (unpaired) electrons. The summed E-state index contributed by atoms with van der Waals surface area (Å²) in [7, 11) is 0. The first-order chi connectivity index (χ1) is 10.1. The number of halogens is 1. The highest BCUT2D eigenvalue weighted by Gasteiger charge is 2.12. The van der Waals surface area contributed by atoms with Crippen molar-refractivity contribution in [1.29, 1.82) is 0 Å². The summed E-state index contributed by atoms with van der Waals surface area (Å²) in [6, 6.07) is 4.74. The van der Waals surface area contributed by atoms with Crippen LogP contribution in [0.5, 0.6) is 0 Å². The van der Waals surface area contributed by atoms with Crippen molar-refractivity contribution in [3.8, 4) is 0 Å². The van der Waals surface area contributed by atoms with Gasteiger partial charge in [0.05, 0.1) is 6.21 Å². The van der Waals surface area contributed by atoms with E-state index in [0.29, 0.717) is 0 Å². The monoisotopic (exact) mass is 308 g/mol. The summed E-state index contributed by atoms with van der Waals surface area (Å²) in [5.74, 6) is -0.223. The minimum absolute atomic E-state index is 0.113. The van der Waals surface area contributed by atoms with Crippen LogP contribution in [0.15, 0.2) is 23.3 Å². The number of likely N-dealkylation sites (tertiary alicyclic amines) is 1. The fraction of sp³-hybridized carbons (Fsp3) is 0.467. The van der Waals surface area contributed by atoms with Crippen LogP contribution in [0.3, 0.4) is 0 Å². The first kappa shape index (κ1) is 15.9. The van der Waals surface area contributed by atoms with Crippen LogP contribution < -0.4 is 11.2 Å². The molecule has 6 heteroatoms. The molecule has 0 saturated carbocycles. The SMILES string of the molecule is NC(=S)NN=Cc1ccc(F)cc1CN1CCCCCC1. The normalized spacial score (nSPS) is 16.8. The highest BCUT2D eigenvalue weighted by Crippen LogP contribution is 2.16. The Labute approximate surface area is 130 Å². The Morgan fingerprint density at radius 3 is 2.71 bits per heavy atom. The van der Waals surface area contributed by atoms with Gasteiger partial charge in [0.2, 0.25) is 0 Å². The quantitative estimate of drug-likeness (QED) is 0.509. The Morgan fingerprint density at radius 1 is 1.33 bits per heavy atom. The van der Waals surface area contributed by atoms with Gasteiger partial charge < -0.3 is 5.73 Å². The summed E-state index contributed by atoms with van der Waals surface area (Å²) < 4.78 is 13.5. The summed E-state index contributed by atoms with van der Waals surface area (Å²) in [5.41, 5.74) is 9.66. The minimum Gasteiger partial charge on any atom is -0.375 e. The second kappa shape index (κ2) is 8.05. The standard InChI is InChI=1S/C15H21FN4S/c16-14-6-5-12(10-18-19-15(17)21)13(9-14)11-20-7-3-1-2-4-8-20/h5-6,9-10H,1-4,7-8,11H2,(H3,17,19,21). The van der Waals surface area contributed by atoms with Gasteiger partial charge in [0.25, 0.3) is 0 Å². The second-order valence-corrected chi connectivity index (χ2v) is 5.71. The number of hydrogen-bond donors (Lipinski definition) is 2. The highest BCUT2D eigenvalue weighted by molar-refractivity contribution is 7.80. The predicted octanol–water partition coefficient (Wildman–Crippen LogP) is 2.37. The molecule has 1 aromatic carbocycles. The molecular formula is C15H21FN4S. The molecule has 0 aromatic heterocycles. The lowest BCUT2D eigenvalue weighted by atomic mass is 10.1. The van der Waals surface area contributed by atoms with Gasteiger partial charge in [0, 0.05) is 6.54 Å². The smallest absolute Gasteiger partial charge is 0.184 e. The van der Waals surface area contributed by atoms with Gasteiger partial charge in [-0.1, -0.05) is 18.9 Å². The molecule has 1 heterocycles. The van der Waals surface area contributed by atoms with Crippen molar-refractivity contribution >= 4 is 23.5 Å². The maximum absolute atomic E-state index is 13.5. The van der Waals surface area contributed by atoms with Crippen LogP contribution >= 0.6 is 12.2 Å². The Balaban J connectivity index is 2.10. The molecule has 1 saturated heterocycles. The van der Waals surface area contributed by atoms with Crippen molar-refractivity contribution < 1.29 is 4.39 Å². The number of nitrogens with zero attached hydrogens (tertiary/aromatic N) is 2. The van der Waals surface area contributed by atoms with E-state index in [1.165, 1.54) is 31.7 Å². The summed E-state index contributed by atoms with van der Waals surface area (Å²) in [4.78, 5) is 2.38. The van der Waals surface area contributed by atoms with Gasteiger partial charge in [-0.15, -0.1) is 0 Å². The van der Waals surface area contributed by atoms with Gasteiger partial charge in [-0.25, -0.2) is 4.39 Å². The van der Waals surface area contributed by atoms with Gasteiger partial charge in [-0.2, -0.15) is 5.10 Å². The average Bonchev–Trinajstić information content (AvgIpc) is 2.69. The van der Waals surface area contributed by atoms with Gasteiger partial charge in [-0.3, -0.25) is 10.3 Å². The van der Waals surface area contributed by atoms with Gasteiger partial charge in [0.15, 0.2) is 5.11 Å². The summed E-state index contributed by atoms with van der Waals surface area (Å²) >= 11 is 4.70. The van der Waals surface area contributed by atoms with Crippen molar-refractivity contribution in [2.24, 2.45) is 10.8 Å². The zero-order valence-electron chi connectivity index (χ0n) is 12.0. The van der Waals surface area contributed by atoms with Gasteiger partial charge in [0.1, 0.15) is 5.82 Å². The van der Waals surface area contributed by atoms with E-state index in [4.69, 9.17) is 18.0 Å². The summed E-state index contributed by atoms with van der Waals surface area (Å²) in [6.07, 6.45) is 6.62. The Bertz CT molecular complexity index is 510. The topological polar surface area (TPSA) is 53.6 Å². The molecule has 4 nitrogen and oxygen atoms in total. The number of hydrogen-bond acceptors (Lipinski definition) is 3. The number of nitrogens with one attached hydrogen (secondary N) is 1. The van der Waals surface area contributed by atoms with Crippen molar-refractivity contribution in [2.75, 3.05) is 13.1 Å². The maximum atomic E-state index is 13.5. The van der Waals surface area contributed by atoms with Crippen LogP contribution in [0.4, 0.5) is 4.39 Å². The lowest BCUT2D eigenvalue weighted by molar-refractivity contribution is 0.276. The molecule has 1 aromatic rings. The van der Waals surface area contributed by atoms with Crippen molar-refractivity contribution in [1.82, 2.24) is 10.3 Å². The zero-order chi connectivity index (χ0) is 15.1. The molecule has 0 unspecified atom stereocenters. The zero-order valence-corrected chi connectivity index (χ0v) is 12.8. The van der Waals surface area contributed by atoms with Gasteiger partial charge >= 0.3 is 0 Å². The molecule has 1 aliphatic heterocycles. The maximum Gasteiger partial charge on any atom is 0.184 e. The van der Waals surface area contributed by atoms with Crippen LogP contribution in [-0.4, -0.2) is 29.3 Å². The molecule has 0 bridgehead atoms.